The molecule has 28 heavy (non-hydrogen) atoms. The molecule has 0 saturated carbocycles. The molecule has 1 N–H and O–H groups in total. The lowest BCUT2D eigenvalue weighted by molar-refractivity contribution is -0.128. The molecule has 0 radical (unpaired) electrons. The van der Waals surface area contributed by atoms with E-state index in [0.717, 1.165) is 29.6 Å². The first-order valence-corrected chi connectivity index (χ1v) is 9.63. The van der Waals surface area contributed by atoms with Gasteiger partial charge >= 0.3 is 0 Å². The Balaban J connectivity index is 1.51. The molecule has 7 heteroatoms. The maximum absolute atomic E-state index is 12.9. The number of hydrogen-bond acceptors (Lipinski definition) is 5. The van der Waals surface area contributed by atoms with Crippen molar-refractivity contribution in [3.8, 4) is 0 Å². The van der Waals surface area contributed by atoms with Gasteiger partial charge < -0.3 is 10.2 Å². The molecular formula is C21H26N6O. The van der Waals surface area contributed by atoms with Crippen molar-refractivity contribution >= 4 is 22.8 Å². The van der Waals surface area contributed by atoms with E-state index in [-0.39, 0.29) is 17.5 Å². The third kappa shape index (κ3) is 3.44. The zero-order valence-electron chi connectivity index (χ0n) is 16.8. The van der Waals surface area contributed by atoms with Gasteiger partial charge in [-0.3, -0.25) is 4.79 Å². The van der Waals surface area contributed by atoms with Gasteiger partial charge in [0.1, 0.15) is 18.2 Å². The maximum atomic E-state index is 12.9. The van der Waals surface area contributed by atoms with E-state index in [9.17, 15) is 4.79 Å². The van der Waals surface area contributed by atoms with Crippen LogP contribution in [0.15, 0.2) is 36.8 Å². The van der Waals surface area contributed by atoms with Crippen molar-refractivity contribution in [2.24, 2.45) is 0 Å². The molecule has 1 aliphatic heterocycles. The summed E-state index contributed by atoms with van der Waals surface area (Å²) < 4.78 is 1.88. The normalized spacial score (nSPS) is 17.5. The topological polar surface area (TPSA) is 75.9 Å². The number of carbonyl (C=O) groups is 1. The Hall–Kier alpha value is -2.96. The Kier molecular flexibility index (Phi) is 4.53. The molecular weight excluding hydrogens is 352 g/mol. The molecule has 7 nitrogen and oxygen atoms in total. The zero-order chi connectivity index (χ0) is 19.9. The van der Waals surface area contributed by atoms with Gasteiger partial charge in [-0.15, -0.1) is 0 Å². The average Bonchev–Trinajstić information content (AvgIpc) is 3.23. The fraction of sp³-hybridized carbons (Fsp3) is 0.429. The lowest BCUT2D eigenvalue weighted by Gasteiger charge is -2.20. The molecule has 0 bridgehead atoms. The summed E-state index contributed by atoms with van der Waals surface area (Å²) in [6.07, 6.45) is 4.05. The fourth-order valence-electron chi connectivity index (χ4n) is 3.56. The summed E-state index contributed by atoms with van der Waals surface area (Å²) in [4.78, 5) is 23.5. The van der Waals surface area contributed by atoms with Gasteiger partial charge in [0, 0.05) is 13.1 Å². The van der Waals surface area contributed by atoms with E-state index >= 15 is 0 Å². The number of benzene rings is 1. The van der Waals surface area contributed by atoms with Crippen molar-refractivity contribution in [1.82, 2.24) is 24.6 Å². The van der Waals surface area contributed by atoms with Crippen molar-refractivity contribution in [2.45, 2.75) is 52.2 Å². The van der Waals surface area contributed by atoms with Crippen LogP contribution in [0.25, 0.3) is 11.0 Å². The third-order valence-electron chi connectivity index (χ3n) is 5.10. The number of fused-ring (bicyclic) bond motifs is 1. The predicted molar refractivity (Wildman–Crippen MR) is 109 cm³/mol. The summed E-state index contributed by atoms with van der Waals surface area (Å²) in [5.74, 6) is 0.770. The second-order valence-electron chi connectivity index (χ2n) is 8.42. The van der Waals surface area contributed by atoms with Crippen molar-refractivity contribution in [2.75, 3.05) is 11.9 Å². The highest BCUT2D eigenvalue weighted by Gasteiger charge is 2.32. The lowest BCUT2D eigenvalue weighted by atomic mass is 10.1. The Morgan fingerprint density at radius 2 is 1.93 bits per heavy atom. The summed E-state index contributed by atoms with van der Waals surface area (Å²) in [6, 6.07) is 8.05. The predicted octanol–water partition coefficient (Wildman–Crippen LogP) is 3.10. The molecule has 3 heterocycles. The van der Waals surface area contributed by atoms with Crippen LogP contribution in [0.5, 0.6) is 0 Å². The molecule has 2 aromatic heterocycles. The molecule has 1 amide bonds. The highest BCUT2D eigenvalue weighted by Crippen LogP contribution is 2.26. The number of hydrogen-bond donors (Lipinski definition) is 1. The van der Waals surface area contributed by atoms with Crippen LogP contribution in [-0.2, 0) is 16.9 Å². The molecule has 1 aromatic carbocycles. The number of anilines is 1. The monoisotopic (exact) mass is 378 g/mol. The van der Waals surface area contributed by atoms with E-state index < -0.39 is 0 Å². The van der Waals surface area contributed by atoms with Crippen LogP contribution in [0.4, 0.5) is 5.82 Å². The first kappa shape index (κ1) is 18.4. The first-order chi connectivity index (χ1) is 13.3. The maximum Gasteiger partial charge on any atom is 0.245 e. The van der Waals surface area contributed by atoms with E-state index in [1.165, 1.54) is 11.9 Å². The second kappa shape index (κ2) is 6.89. The van der Waals surface area contributed by atoms with Gasteiger partial charge in [0.15, 0.2) is 5.65 Å². The zero-order valence-corrected chi connectivity index (χ0v) is 16.8. The summed E-state index contributed by atoms with van der Waals surface area (Å²) >= 11 is 0. The number of aryl methyl sites for hydroxylation is 1. The Morgan fingerprint density at radius 3 is 2.64 bits per heavy atom. The number of likely N-dealkylation sites (tertiary alicyclic amines) is 1. The Bertz CT molecular complexity index is 1000. The van der Waals surface area contributed by atoms with Crippen LogP contribution in [0.3, 0.4) is 0 Å². The number of carbonyl (C=O) groups excluding carboxylic acids is 1. The molecule has 1 unspecified atom stereocenters. The molecule has 3 aromatic rings. The van der Waals surface area contributed by atoms with Gasteiger partial charge in [-0.25, -0.2) is 14.6 Å². The van der Waals surface area contributed by atoms with Gasteiger partial charge in [0.05, 0.1) is 17.1 Å². The number of rotatable bonds is 4. The van der Waals surface area contributed by atoms with Crippen molar-refractivity contribution < 1.29 is 4.79 Å². The van der Waals surface area contributed by atoms with Gasteiger partial charge in [-0.05, 0) is 39.7 Å². The van der Waals surface area contributed by atoms with Crippen LogP contribution in [0.2, 0.25) is 0 Å². The van der Waals surface area contributed by atoms with Crippen LogP contribution < -0.4 is 5.32 Å². The molecule has 1 atom stereocenters. The van der Waals surface area contributed by atoms with Crippen LogP contribution in [0, 0.1) is 6.92 Å². The molecule has 0 spiro atoms. The Labute approximate surface area is 164 Å². The molecule has 1 aliphatic rings. The molecule has 1 saturated heterocycles. The minimum Gasteiger partial charge on any atom is -0.358 e. The minimum atomic E-state index is -0.276. The standard InChI is InChI=1S/C21H26N6O/c1-14-5-7-15(8-6-14)12-26-10-9-17(20(26)28)25-18-16-11-24-27(21(2,3)4)19(16)23-13-22-18/h5-8,11,13,17H,9-10,12H2,1-4H3,(H,22,23,25). The number of nitrogens with zero attached hydrogens (tertiary/aromatic N) is 5. The lowest BCUT2D eigenvalue weighted by Crippen LogP contribution is -2.33. The molecule has 0 aliphatic carbocycles. The van der Waals surface area contributed by atoms with Gasteiger partial charge in [-0.1, -0.05) is 29.8 Å². The van der Waals surface area contributed by atoms with Crippen molar-refractivity contribution in [3.05, 3.63) is 47.9 Å². The Morgan fingerprint density at radius 1 is 1.18 bits per heavy atom. The number of amides is 1. The van der Waals surface area contributed by atoms with Gasteiger partial charge in [0.2, 0.25) is 5.91 Å². The fourth-order valence-corrected chi connectivity index (χ4v) is 3.56. The highest BCUT2D eigenvalue weighted by molar-refractivity contribution is 5.91. The van der Waals surface area contributed by atoms with Crippen LogP contribution in [0.1, 0.15) is 38.3 Å². The molecule has 4 rings (SSSR count). The second-order valence-corrected chi connectivity index (χ2v) is 8.42. The van der Waals surface area contributed by atoms with E-state index in [1.54, 1.807) is 6.20 Å². The quantitative estimate of drug-likeness (QED) is 0.755. The van der Waals surface area contributed by atoms with E-state index in [0.29, 0.717) is 12.4 Å². The van der Waals surface area contributed by atoms with Gasteiger partial charge in [-0.2, -0.15) is 5.10 Å². The van der Waals surface area contributed by atoms with Crippen LogP contribution >= 0.6 is 0 Å². The number of nitrogens with one attached hydrogen (secondary N) is 1. The van der Waals surface area contributed by atoms with Crippen molar-refractivity contribution in [3.63, 3.8) is 0 Å². The highest BCUT2D eigenvalue weighted by atomic mass is 16.2. The first-order valence-electron chi connectivity index (χ1n) is 9.63. The van der Waals surface area contributed by atoms with E-state index in [4.69, 9.17) is 0 Å². The summed E-state index contributed by atoms with van der Waals surface area (Å²) in [7, 11) is 0. The molecule has 1 fully saturated rings. The van der Waals surface area contributed by atoms with Crippen LogP contribution in [-0.4, -0.2) is 43.1 Å². The summed E-state index contributed by atoms with van der Waals surface area (Å²) in [5.41, 5.74) is 2.96. The minimum absolute atomic E-state index is 0.107. The SMILES string of the molecule is Cc1ccc(CN2CCC(Nc3ncnc4c3cnn4C(C)(C)C)C2=O)cc1. The largest absolute Gasteiger partial charge is 0.358 e. The van der Waals surface area contributed by atoms with Crippen molar-refractivity contribution in [1.29, 1.82) is 0 Å². The molecule has 146 valence electrons. The number of aromatic nitrogens is 4. The van der Waals surface area contributed by atoms with E-state index in [1.807, 2.05) is 9.58 Å². The summed E-state index contributed by atoms with van der Waals surface area (Å²) in [6.45, 7) is 9.68. The average molecular weight is 378 g/mol. The van der Waals surface area contributed by atoms with Gasteiger partial charge in [0.25, 0.3) is 0 Å². The third-order valence-corrected chi connectivity index (χ3v) is 5.10. The smallest absolute Gasteiger partial charge is 0.245 e. The summed E-state index contributed by atoms with van der Waals surface area (Å²) in [5, 5.41) is 8.64. The van der Waals surface area contributed by atoms with E-state index in [2.05, 4.69) is 72.3 Å².